The van der Waals surface area contributed by atoms with Gasteiger partial charge >= 0.3 is 27.6 Å². The maximum atomic E-state index is 10.6. The van der Waals surface area contributed by atoms with E-state index >= 15 is 0 Å². The number of aliphatic hydroxyl groups excluding tert-OH is 1. The second-order valence-corrected chi connectivity index (χ2v) is 6.34. The smallest absolute Gasteiger partial charge is 0.466 e. The Morgan fingerprint density at radius 2 is 1.74 bits per heavy atom. The minimum absolute atomic E-state index is 0.0504. The minimum atomic E-state index is -4.64. The first-order chi connectivity index (χ1) is 8.65. The van der Waals surface area contributed by atoms with Crippen molar-refractivity contribution in [3.63, 3.8) is 0 Å². The maximum Gasteiger partial charge on any atom is 0.466 e. The van der Waals surface area contributed by atoms with Crippen LogP contribution in [0.4, 0.5) is 0 Å². The summed E-state index contributed by atoms with van der Waals surface area (Å²) in [5, 5.41) is 17.7. The molecule has 11 heteroatoms. The molecule has 0 unspecified atom stereocenters. The van der Waals surface area contributed by atoms with E-state index in [1.165, 1.54) is 18.2 Å². The topological polar surface area (TPSA) is 162 Å². The number of aliphatic hydroxyl groups is 1. The fourth-order valence-corrected chi connectivity index (χ4v) is 1.96. The third-order valence-electron chi connectivity index (χ3n) is 1.44. The molecule has 0 saturated carbocycles. The number of hydrogen-bond acceptors (Lipinski definition) is 6. The number of ether oxygens (including phenoxy) is 1. The molecule has 0 aromatic heterocycles. The van der Waals surface area contributed by atoms with Crippen LogP contribution in [0.3, 0.4) is 0 Å². The van der Waals surface area contributed by atoms with Gasteiger partial charge in [-0.15, -0.1) is 0 Å². The van der Waals surface area contributed by atoms with Gasteiger partial charge in [0, 0.05) is 6.07 Å². The van der Waals surface area contributed by atoms with Gasteiger partial charge in [0.15, 0.2) is 0 Å². The Labute approximate surface area is 114 Å². The van der Waals surface area contributed by atoms with E-state index in [2.05, 4.69) is 0 Å². The van der Waals surface area contributed by atoms with Crippen molar-refractivity contribution in [3.8, 4) is 11.5 Å². The Kier molecular flexibility index (Phi) is 8.06. The van der Waals surface area contributed by atoms with Crippen molar-refractivity contribution in [2.45, 2.75) is 0 Å². The molecule has 110 valence electrons. The van der Waals surface area contributed by atoms with E-state index in [1.807, 2.05) is 0 Å². The molecule has 0 radical (unpaired) electrons. The summed E-state index contributed by atoms with van der Waals surface area (Å²) >= 11 is -3.63. The van der Waals surface area contributed by atoms with Gasteiger partial charge in [0.05, 0.1) is 6.61 Å². The lowest BCUT2D eigenvalue weighted by Gasteiger charge is -2.04. The Morgan fingerprint density at radius 3 is 2.11 bits per heavy atom. The van der Waals surface area contributed by atoms with Crippen LogP contribution in [0.15, 0.2) is 18.2 Å². The van der Waals surface area contributed by atoms with Crippen LogP contribution >= 0.6 is 27.6 Å². The summed E-state index contributed by atoms with van der Waals surface area (Å²) < 4.78 is 35.1. The fraction of sp³-hybridized carbons (Fsp3) is 0.250. The number of hydrogen-bond donors (Lipinski definition) is 5. The molecule has 0 aliphatic heterocycles. The molecule has 0 bridgehead atoms. The van der Waals surface area contributed by atoms with Gasteiger partial charge in [-0.05, 0) is 12.1 Å². The highest BCUT2D eigenvalue weighted by Gasteiger charge is 2.07. The van der Waals surface area contributed by atoms with Crippen molar-refractivity contribution >= 4 is 27.6 Å². The molecule has 0 fully saturated rings. The predicted molar refractivity (Wildman–Crippen MR) is 69.0 cm³/mol. The quantitative estimate of drug-likeness (QED) is 0.345. The van der Waals surface area contributed by atoms with E-state index in [-0.39, 0.29) is 22.5 Å². The first kappa shape index (κ1) is 18.2. The van der Waals surface area contributed by atoms with Crippen molar-refractivity contribution in [3.05, 3.63) is 21.8 Å². The predicted octanol–water partition coefficient (Wildman–Crippen LogP) is 0.202. The average molecular weight is 410 g/mol. The number of halogens is 1. The highest BCUT2D eigenvalue weighted by atomic mass is 127. The molecule has 0 saturated heterocycles. The van der Waals surface area contributed by atoms with Gasteiger partial charge in [-0.3, -0.25) is 0 Å². The summed E-state index contributed by atoms with van der Waals surface area (Å²) in [5.41, 5.74) is 0. The van der Waals surface area contributed by atoms with Gasteiger partial charge in [-0.2, -0.15) is 0 Å². The average Bonchev–Trinajstić information content (AvgIpc) is 2.23. The second kappa shape index (κ2) is 8.40. The van der Waals surface area contributed by atoms with E-state index < -0.39 is 27.6 Å². The summed E-state index contributed by atoms with van der Waals surface area (Å²) in [7, 11) is -4.64. The lowest BCUT2D eigenvalue weighted by atomic mass is 10.3. The number of aromatic hydroxyl groups is 1. The van der Waals surface area contributed by atoms with Gasteiger partial charge in [0.1, 0.15) is 21.7 Å². The molecule has 19 heavy (non-hydrogen) atoms. The number of phosphoric acid groups is 1. The normalized spacial score (nSPS) is 10.8. The van der Waals surface area contributed by atoms with Crippen molar-refractivity contribution in [1.29, 1.82) is 0 Å². The fourth-order valence-electron chi connectivity index (χ4n) is 0.876. The minimum Gasteiger partial charge on any atom is -0.507 e. The van der Waals surface area contributed by atoms with Crippen LogP contribution in [0.2, 0.25) is 0 Å². The van der Waals surface area contributed by atoms with Crippen LogP contribution in [0.1, 0.15) is 0 Å². The molecule has 0 aliphatic rings. The first-order valence-electron chi connectivity index (χ1n) is 4.55. The van der Waals surface area contributed by atoms with Crippen molar-refractivity contribution in [2.75, 3.05) is 13.2 Å². The lowest BCUT2D eigenvalue weighted by Crippen LogP contribution is -2.01. The summed E-state index contributed by atoms with van der Waals surface area (Å²) in [4.78, 5) is 21.6. The number of phenolic OH excluding ortho intramolecular Hbond substituents is 1. The third-order valence-corrected chi connectivity index (χ3v) is 3.30. The molecule has 0 heterocycles. The van der Waals surface area contributed by atoms with Gasteiger partial charge in [0.2, 0.25) is 0 Å². The molecular weight excluding hydrogens is 398 g/mol. The van der Waals surface area contributed by atoms with E-state index in [0.717, 1.165) is 0 Å². The number of phenols is 1. The Hall–Kier alpha value is -0.780. The van der Waals surface area contributed by atoms with E-state index in [1.54, 1.807) is 0 Å². The molecule has 1 rings (SSSR count). The summed E-state index contributed by atoms with van der Waals surface area (Å²) in [6.07, 6.45) is 0. The summed E-state index contributed by atoms with van der Waals surface area (Å²) in [6, 6.07) is 3.93. The zero-order chi connectivity index (χ0) is 15.1. The molecule has 9 nitrogen and oxygen atoms in total. The van der Waals surface area contributed by atoms with Crippen LogP contribution in [0.25, 0.3) is 0 Å². The van der Waals surface area contributed by atoms with Gasteiger partial charge in [-0.25, -0.2) is 10.7 Å². The second-order valence-electron chi connectivity index (χ2n) is 2.92. The van der Waals surface area contributed by atoms with Gasteiger partial charge < -0.3 is 29.6 Å². The molecular formula is C8H12IO9P. The van der Waals surface area contributed by atoms with E-state index in [0.29, 0.717) is 5.75 Å². The highest BCUT2D eigenvalue weighted by molar-refractivity contribution is 14.2. The monoisotopic (exact) mass is 410 g/mol. The standard InChI is InChI=1S/C8H9IO5.H3O4P/c10-3-4-14-6-1-2-7(9(12)13)8(11)5-6;1-5(2,3)4/h1-2,5,10-11H,3-4H2;(H3,1,2,3,4). The molecule has 0 amide bonds. The van der Waals surface area contributed by atoms with Crippen LogP contribution in [0.5, 0.6) is 11.5 Å². The Morgan fingerprint density at radius 1 is 1.21 bits per heavy atom. The van der Waals surface area contributed by atoms with Crippen LogP contribution in [0, 0.1) is 3.57 Å². The Balaban J connectivity index is 0.000000555. The Bertz CT molecular complexity index is 505. The SMILES string of the molecule is O=I(=O)c1ccc(OCCO)cc1O.O=P(O)(O)O. The molecule has 0 atom stereocenters. The summed E-state index contributed by atoms with van der Waals surface area (Å²) in [6.45, 7) is -0.0278. The van der Waals surface area contributed by atoms with Crippen LogP contribution in [-0.4, -0.2) is 38.1 Å². The molecule has 1 aromatic carbocycles. The van der Waals surface area contributed by atoms with E-state index in [4.69, 9.17) is 29.1 Å². The number of rotatable bonds is 4. The number of benzene rings is 1. The molecule has 1 aromatic rings. The third kappa shape index (κ3) is 9.76. The van der Waals surface area contributed by atoms with Crippen molar-refractivity contribution in [2.24, 2.45) is 0 Å². The van der Waals surface area contributed by atoms with E-state index in [9.17, 15) is 11.2 Å². The van der Waals surface area contributed by atoms with Gasteiger partial charge in [-0.1, -0.05) is 0 Å². The molecule has 5 N–H and O–H groups in total. The largest absolute Gasteiger partial charge is 0.507 e. The zero-order valence-electron chi connectivity index (χ0n) is 9.34. The van der Waals surface area contributed by atoms with Crippen LogP contribution in [-0.2, 0) is 10.7 Å². The summed E-state index contributed by atoms with van der Waals surface area (Å²) in [5.74, 6) is 0.0219. The molecule has 0 spiro atoms. The molecule has 0 aliphatic carbocycles. The lowest BCUT2D eigenvalue weighted by molar-refractivity contribution is 0.201. The van der Waals surface area contributed by atoms with Crippen LogP contribution < -0.4 is 4.74 Å². The van der Waals surface area contributed by atoms with Gasteiger partial charge in [0.25, 0.3) is 0 Å². The zero-order valence-corrected chi connectivity index (χ0v) is 12.4. The maximum absolute atomic E-state index is 10.6. The highest BCUT2D eigenvalue weighted by Crippen LogP contribution is 2.30. The van der Waals surface area contributed by atoms with Crippen molar-refractivity contribution in [1.82, 2.24) is 0 Å². The first-order valence-corrected chi connectivity index (χ1v) is 8.96. The van der Waals surface area contributed by atoms with Crippen molar-refractivity contribution < 1.29 is 40.3 Å².